The highest BCUT2D eigenvalue weighted by Gasteiger charge is 2.20. The van der Waals surface area contributed by atoms with E-state index in [1.54, 1.807) is 4.90 Å². The molecule has 9 nitrogen and oxygen atoms in total. The third-order valence-corrected chi connectivity index (χ3v) is 5.04. The summed E-state index contributed by atoms with van der Waals surface area (Å²) in [6.45, 7) is 0.167. The minimum atomic E-state index is -1.41. The summed E-state index contributed by atoms with van der Waals surface area (Å²) in [6, 6.07) is 6.25. The van der Waals surface area contributed by atoms with Crippen LogP contribution in [0.4, 0.5) is 0 Å². The molecule has 2 aromatic rings. The van der Waals surface area contributed by atoms with Gasteiger partial charge in [0.1, 0.15) is 0 Å². The van der Waals surface area contributed by atoms with Gasteiger partial charge in [0.15, 0.2) is 0 Å². The van der Waals surface area contributed by atoms with Gasteiger partial charge in [-0.25, -0.2) is 14.4 Å². The summed E-state index contributed by atoms with van der Waals surface area (Å²) in [7, 11) is 0. The van der Waals surface area contributed by atoms with Gasteiger partial charge in [-0.2, -0.15) is 0 Å². The normalized spacial score (nSPS) is 10.8. The van der Waals surface area contributed by atoms with Crippen LogP contribution in [0.1, 0.15) is 48.6 Å². The SMILES string of the molecule is O=C(O)CCN(Cc1ccc(C(=O)O)c(C(=O)O)c1)Cc1c(Cl)cc(C(=O)O)cc1Cl. The molecule has 0 bridgehead atoms. The van der Waals surface area contributed by atoms with Crippen LogP contribution in [0.15, 0.2) is 30.3 Å². The predicted molar refractivity (Wildman–Crippen MR) is 110 cm³/mol. The van der Waals surface area contributed by atoms with Crippen LogP contribution < -0.4 is 0 Å². The summed E-state index contributed by atoms with van der Waals surface area (Å²) >= 11 is 12.4. The zero-order valence-corrected chi connectivity index (χ0v) is 17.4. The van der Waals surface area contributed by atoms with E-state index in [-0.39, 0.29) is 47.2 Å². The number of hydrogen-bond acceptors (Lipinski definition) is 5. The van der Waals surface area contributed by atoms with Gasteiger partial charge in [-0.15, -0.1) is 0 Å². The molecule has 0 radical (unpaired) electrons. The average Bonchev–Trinajstić information content (AvgIpc) is 2.67. The maximum atomic E-state index is 11.4. The topological polar surface area (TPSA) is 152 Å². The molecule has 2 rings (SSSR count). The largest absolute Gasteiger partial charge is 0.481 e. The summed E-state index contributed by atoms with van der Waals surface area (Å²) in [5.74, 6) is -5.07. The molecule has 0 saturated heterocycles. The van der Waals surface area contributed by atoms with Crippen molar-refractivity contribution in [2.45, 2.75) is 19.5 Å². The van der Waals surface area contributed by atoms with Crippen molar-refractivity contribution in [3.05, 3.63) is 68.2 Å². The Morgan fingerprint density at radius 3 is 1.84 bits per heavy atom. The molecule has 31 heavy (non-hydrogen) atoms. The smallest absolute Gasteiger partial charge is 0.336 e. The van der Waals surface area contributed by atoms with E-state index in [2.05, 4.69) is 0 Å². The Hall–Kier alpha value is -3.14. The number of rotatable bonds is 10. The van der Waals surface area contributed by atoms with Crippen LogP contribution in [-0.4, -0.2) is 55.7 Å². The number of aliphatic carboxylic acids is 1. The van der Waals surface area contributed by atoms with Crippen LogP contribution in [0.3, 0.4) is 0 Å². The third kappa shape index (κ3) is 6.42. The van der Waals surface area contributed by atoms with Gasteiger partial charge in [-0.3, -0.25) is 9.69 Å². The van der Waals surface area contributed by atoms with Crippen molar-refractivity contribution in [2.75, 3.05) is 6.54 Å². The highest BCUT2D eigenvalue weighted by atomic mass is 35.5. The standard InChI is InChI=1S/C20H17Cl2NO8/c21-15-6-11(18(26)27)7-16(22)14(15)9-23(4-3-17(24)25)8-10-1-2-12(19(28)29)13(5-10)20(30)31/h1-2,5-7H,3-4,8-9H2,(H,24,25)(H,26,27)(H,28,29)(H,30,31). The zero-order valence-electron chi connectivity index (χ0n) is 15.8. The second-order valence-corrected chi connectivity index (χ2v) is 7.38. The van der Waals surface area contributed by atoms with E-state index in [0.29, 0.717) is 11.1 Å². The molecule has 0 aliphatic rings. The molecule has 164 valence electrons. The fraction of sp³-hybridized carbons (Fsp3) is 0.200. The fourth-order valence-electron chi connectivity index (χ4n) is 2.88. The molecular formula is C20H17Cl2NO8. The van der Waals surface area contributed by atoms with Gasteiger partial charge >= 0.3 is 23.9 Å². The molecule has 0 amide bonds. The Kier molecular flexibility index (Phi) is 7.98. The van der Waals surface area contributed by atoms with E-state index in [9.17, 15) is 24.3 Å². The second-order valence-electron chi connectivity index (χ2n) is 6.57. The fourth-order valence-corrected chi connectivity index (χ4v) is 3.49. The number of nitrogens with zero attached hydrogens (tertiary/aromatic N) is 1. The molecule has 0 aliphatic carbocycles. The van der Waals surface area contributed by atoms with Crippen LogP contribution in [0.5, 0.6) is 0 Å². The first-order chi connectivity index (χ1) is 14.5. The first-order valence-corrected chi connectivity index (χ1v) is 9.50. The molecule has 0 heterocycles. The second kappa shape index (κ2) is 10.3. The molecule has 11 heteroatoms. The molecule has 0 fully saturated rings. The molecule has 0 atom stereocenters. The van der Waals surface area contributed by atoms with Crippen molar-refractivity contribution in [1.82, 2.24) is 4.90 Å². The van der Waals surface area contributed by atoms with Gasteiger partial charge in [-0.1, -0.05) is 29.3 Å². The Bertz CT molecular complexity index is 1030. The van der Waals surface area contributed by atoms with E-state index >= 15 is 0 Å². The van der Waals surface area contributed by atoms with Crippen molar-refractivity contribution in [3.8, 4) is 0 Å². The summed E-state index contributed by atoms with van der Waals surface area (Å²) in [4.78, 5) is 46.4. The van der Waals surface area contributed by atoms with E-state index in [0.717, 1.165) is 6.07 Å². The van der Waals surface area contributed by atoms with Crippen LogP contribution >= 0.6 is 23.2 Å². The van der Waals surface area contributed by atoms with Crippen LogP contribution in [0.25, 0.3) is 0 Å². The van der Waals surface area contributed by atoms with Crippen molar-refractivity contribution in [3.63, 3.8) is 0 Å². The lowest BCUT2D eigenvalue weighted by Crippen LogP contribution is -2.26. The molecule has 0 spiro atoms. The molecule has 0 aromatic heterocycles. The van der Waals surface area contributed by atoms with Gasteiger partial charge in [0.25, 0.3) is 0 Å². The first kappa shape index (κ1) is 24.1. The van der Waals surface area contributed by atoms with Gasteiger partial charge < -0.3 is 20.4 Å². The number of carboxylic acids is 4. The van der Waals surface area contributed by atoms with E-state index in [1.165, 1.54) is 24.3 Å². The maximum absolute atomic E-state index is 11.4. The lowest BCUT2D eigenvalue weighted by Gasteiger charge is -2.23. The lowest BCUT2D eigenvalue weighted by molar-refractivity contribution is -0.137. The summed E-state index contributed by atoms with van der Waals surface area (Å²) in [6.07, 6.45) is -0.235. The highest BCUT2D eigenvalue weighted by Crippen LogP contribution is 2.29. The first-order valence-electron chi connectivity index (χ1n) is 8.74. The van der Waals surface area contributed by atoms with Crippen molar-refractivity contribution in [2.24, 2.45) is 0 Å². The molecule has 0 unspecified atom stereocenters. The van der Waals surface area contributed by atoms with Crippen molar-refractivity contribution in [1.29, 1.82) is 0 Å². The maximum Gasteiger partial charge on any atom is 0.336 e. The number of benzene rings is 2. The highest BCUT2D eigenvalue weighted by molar-refractivity contribution is 6.36. The Morgan fingerprint density at radius 2 is 1.35 bits per heavy atom. The van der Waals surface area contributed by atoms with E-state index in [1.807, 2.05) is 0 Å². The van der Waals surface area contributed by atoms with Gasteiger partial charge in [0.05, 0.1) is 23.1 Å². The molecule has 2 aromatic carbocycles. The van der Waals surface area contributed by atoms with E-state index in [4.69, 9.17) is 38.5 Å². The lowest BCUT2D eigenvalue weighted by atomic mass is 10.0. The number of hydrogen-bond donors (Lipinski definition) is 4. The van der Waals surface area contributed by atoms with Gasteiger partial charge in [-0.05, 0) is 29.8 Å². The van der Waals surface area contributed by atoms with Crippen molar-refractivity contribution < 1.29 is 39.6 Å². The predicted octanol–water partition coefficient (Wildman–Crippen LogP) is 3.56. The Morgan fingerprint density at radius 1 is 0.774 bits per heavy atom. The molecule has 0 aliphatic heterocycles. The van der Waals surface area contributed by atoms with Crippen molar-refractivity contribution >= 4 is 47.1 Å². The summed E-state index contributed by atoms with van der Waals surface area (Å²) < 4.78 is 0. The monoisotopic (exact) mass is 469 g/mol. The number of carbonyl (C=O) groups is 4. The average molecular weight is 470 g/mol. The Balaban J connectivity index is 2.37. The number of carboxylic acid groups (broad SMARTS) is 4. The molecular weight excluding hydrogens is 453 g/mol. The molecule has 0 saturated carbocycles. The van der Waals surface area contributed by atoms with Gasteiger partial charge in [0.2, 0.25) is 0 Å². The number of aromatic carboxylic acids is 3. The number of halogens is 2. The van der Waals surface area contributed by atoms with Gasteiger partial charge in [0, 0.05) is 35.2 Å². The Labute approximate surface area is 186 Å². The van der Waals surface area contributed by atoms with E-state index < -0.39 is 29.4 Å². The quantitative estimate of drug-likeness (QED) is 0.408. The van der Waals surface area contributed by atoms with Crippen LogP contribution in [-0.2, 0) is 17.9 Å². The zero-order chi connectivity index (χ0) is 23.3. The summed E-state index contributed by atoms with van der Waals surface area (Å²) in [5, 5.41) is 36.7. The van der Waals surface area contributed by atoms with Crippen LogP contribution in [0, 0.1) is 0 Å². The minimum Gasteiger partial charge on any atom is -0.481 e. The molecule has 4 N–H and O–H groups in total. The third-order valence-electron chi connectivity index (χ3n) is 4.36. The summed E-state index contributed by atoms with van der Waals surface area (Å²) in [5.41, 5.74) is -0.0681. The van der Waals surface area contributed by atoms with Crippen LogP contribution in [0.2, 0.25) is 10.0 Å². The minimum absolute atomic E-state index is 0.0474.